The molecule has 19 heavy (non-hydrogen) atoms. The average molecular weight is 262 g/mol. The highest BCUT2D eigenvalue weighted by Crippen LogP contribution is 2.24. The highest BCUT2D eigenvalue weighted by Gasteiger charge is 2.24. The molecule has 1 aliphatic rings. The summed E-state index contributed by atoms with van der Waals surface area (Å²) in [7, 11) is 0. The van der Waals surface area contributed by atoms with E-state index in [4.69, 9.17) is 0 Å². The Morgan fingerprint density at radius 2 is 2.21 bits per heavy atom. The van der Waals surface area contributed by atoms with Crippen LogP contribution in [0.15, 0.2) is 12.4 Å². The van der Waals surface area contributed by atoms with Gasteiger partial charge in [-0.1, -0.05) is 20.8 Å². The number of anilines is 1. The summed E-state index contributed by atoms with van der Waals surface area (Å²) in [5.41, 5.74) is 1.08. The van der Waals surface area contributed by atoms with Crippen molar-refractivity contribution in [2.24, 2.45) is 11.8 Å². The molecule has 0 spiro atoms. The van der Waals surface area contributed by atoms with Crippen molar-refractivity contribution in [3.8, 4) is 0 Å². The van der Waals surface area contributed by atoms with Crippen LogP contribution < -0.4 is 5.32 Å². The number of nitrogens with zero attached hydrogens (tertiary/aromatic N) is 3. The first-order valence-electron chi connectivity index (χ1n) is 7.46. The maximum absolute atomic E-state index is 4.50. The third-order valence-electron chi connectivity index (χ3n) is 3.90. The molecule has 1 saturated heterocycles. The first-order chi connectivity index (χ1) is 9.19. The van der Waals surface area contributed by atoms with Gasteiger partial charge in [-0.3, -0.25) is 9.88 Å². The van der Waals surface area contributed by atoms with Gasteiger partial charge in [0.05, 0.1) is 18.1 Å². The van der Waals surface area contributed by atoms with Crippen molar-refractivity contribution in [1.82, 2.24) is 14.9 Å². The molecule has 2 heterocycles. The number of hydrogen-bond donors (Lipinski definition) is 1. The highest BCUT2D eigenvalue weighted by atomic mass is 15.2. The Kier molecular flexibility index (Phi) is 5.14. The molecular formula is C15H26N4. The summed E-state index contributed by atoms with van der Waals surface area (Å²) in [6, 6.07) is 0. The molecule has 4 nitrogen and oxygen atoms in total. The minimum atomic E-state index is 0.789. The summed E-state index contributed by atoms with van der Waals surface area (Å²) in [5, 5.41) is 3.25. The molecule has 1 unspecified atom stereocenters. The van der Waals surface area contributed by atoms with E-state index in [0.29, 0.717) is 0 Å². The van der Waals surface area contributed by atoms with Crippen molar-refractivity contribution in [2.75, 3.05) is 25.0 Å². The zero-order valence-corrected chi connectivity index (χ0v) is 12.4. The van der Waals surface area contributed by atoms with Gasteiger partial charge < -0.3 is 5.32 Å². The van der Waals surface area contributed by atoms with Crippen LogP contribution in [0.1, 0.15) is 39.3 Å². The summed E-state index contributed by atoms with van der Waals surface area (Å²) in [5.74, 6) is 2.52. The Balaban J connectivity index is 1.83. The van der Waals surface area contributed by atoms with Gasteiger partial charge >= 0.3 is 0 Å². The predicted molar refractivity (Wildman–Crippen MR) is 79.0 cm³/mol. The SMILES string of the molecule is CCCNc1cnc(CN2CCC(C(C)C)C2)cn1. The van der Waals surface area contributed by atoms with Crippen molar-refractivity contribution in [1.29, 1.82) is 0 Å². The number of hydrogen-bond acceptors (Lipinski definition) is 4. The van der Waals surface area contributed by atoms with Crippen molar-refractivity contribution in [2.45, 2.75) is 40.2 Å². The summed E-state index contributed by atoms with van der Waals surface area (Å²) < 4.78 is 0. The zero-order chi connectivity index (χ0) is 13.7. The summed E-state index contributed by atoms with van der Waals surface area (Å²) in [6.45, 7) is 11.1. The molecule has 1 aromatic heterocycles. The van der Waals surface area contributed by atoms with Crippen LogP contribution in [-0.4, -0.2) is 34.5 Å². The Morgan fingerprint density at radius 1 is 1.37 bits per heavy atom. The van der Waals surface area contributed by atoms with Crippen LogP contribution in [0.3, 0.4) is 0 Å². The second-order valence-corrected chi connectivity index (χ2v) is 5.85. The van der Waals surface area contributed by atoms with E-state index in [9.17, 15) is 0 Å². The number of rotatable bonds is 6. The number of likely N-dealkylation sites (tertiary alicyclic amines) is 1. The van der Waals surface area contributed by atoms with E-state index in [1.165, 1.54) is 19.5 Å². The fourth-order valence-electron chi connectivity index (χ4n) is 2.56. The van der Waals surface area contributed by atoms with Crippen LogP contribution in [-0.2, 0) is 6.54 Å². The summed E-state index contributed by atoms with van der Waals surface area (Å²) >= 11 is 0. The van der Waals surface area contributed by atoms with Crippen LogP contribution in [0.2, 0.25) is 0 Å². The fourth-order valence-corrected chi connectivity index (χ4v) is 2.56. The zero-order valence-electron chi connectivity index (χ0n) is 12.4. The van der Waals surface area contributed by atoms with E-state index in [0.717, 1.165) is 42.9 Å². The van der Waals surface area contributed by atoms with Crippen LogP contribution >= 0.6 is 0 Å². The van der Waals surface area contributed by atoms with Crippen LogP contribution in [0.25, 0.3) is 0 Å². The predicted octanol–water partition coefficient (Wildman–Crippen LogP) is 2.78. The molecular weight excluding hydrogens is 236 g/mol. The van der Waals surface area contributed by atoms with E-state index in [1.807, 2.05) is 12.4 Å². The van der Waals surface area contributed by atoms with Gasteiger partial charge in [0.25, 0.3) is 0 Å². The molecule has 0 aliphatic carbocycles. The minimum absolute atomic E-state index is 0.789. The lowest BCUT2D eigenvalue weighted by atomic mass is 9.95. The van der Waals surface area contributed by atoms with Gasteiger partial charge in [-0.25, -0.2) is 4.98 Å². The van der Waals surface area contributed by atoms with Gasteiger partial charge in [-0.2, -0.15) is 0 Å². The van der Waals surface area contributed by atoms with E-state index < -0.39 is 0 Å². The smallest absolute Gasteiger partial charge is 0.144 e. The maximum atomic E-state index is 4.50. The van der Waals surface area contributed by atoms with E-state index in [-0.39, 0.29) is 0 Å². The van der Waals surface area contributed by atoms with Crippen LogP contribution in [0, 0.1) is 11.8 Å². The molecule has 0 amide bonds. The summed E-state index contributed by atoms with van der Waals surface area (Å²) in [4.78, 5) is 11.4. The van der Waals surface area contributed by atoms with Gasteiger partial charge in [0, 0.05) is 19.6 Å². The molecule has 4 heteroatoms. The van der Waals surface area contributed by atoms with Gasteiger partial charge in [0.15, 0.2) is 0 Å². The highest BCUT2D eigenvalue weighted by molar-refractivity contribution is 5.30. The normalized spacial score (nSPS) is 20.1. The topological polar surface area (TPSA) is 41.1 Å². The fraction of sp³-hybridized carbons (Fsp3) is 0.733. The molecule has 106 valence electrons. The molecule has 1 aromatic rings. The molecule has 1 fully saturated rings. The molecule has 0 bridgehead atoms. The van der Waals surface area contributed by atoms with E-state index >= 15 is 0 Å². The van der Waals surface area contributed by atoms with Gasteiger partial charge in [-0.05, 0) is 31.2 Å². The lowest BCUT2D eigenvalue weighted by Gasteiger charge is -2.17. The molecule has 1 aliphatic heterocycles. The van der Waals surface area contributed by atoms with Crippen LogP contribution in [0.5, 0.6) is 0 Å². The lowest BCUT2D eigenvalue weighted by Crippen LogP contribution is -2.22. The second kappa shape index (κ2) is 6.85. The third-order valence-corrected chi connectivity index (χ3v) is 3.90. The largest absolute Gasteiger partial charge is 0.369 e. The Labute approximate surface area is 116 Å². The second-order valence-electron chi connectivity index (χ2n) is 5.85. The van der Waals surface area contributed by atoms with Crippen LogP contribution in [0.4, 0.5) is 5.82 Å². The van der Waals surface area contributed by atoms with Gasteiger partial charge in [-0.15, -0.1) is 0 Å². The molecule has 0 aromatic carbocycles. The third kappa shape index (κ3) is 4.16. The van der Waals surface area contributed by atoms with Crippen molar-refractivity contribution in [3.05, 3.63) is 18.1 Å². The quantitative estimate of drug-likeness (QED) is 0.856. The van der Waals surface area contributed by atoms with Crippen molar-refractivity contribution >= 4 is 5.82 Å². The average Bonchev–Trinajstić information content (AvgIpc) is 2.87. The molecule has 1 atom stereocenters. The maximum Gasteiger partial charge on any atom is 0.144 e. The summed E-state index contributed by atoms with van der Waals surface area (Å²) in [6.07, 6.45) is 6.18. The molecule has 2 rings (SSSR count). The Bertz CT molecular complexity index is 374. The molecule has 1 N–H and O–H groups in total. The van der Waals surface area contributed by atoms with Gasteiger partial charge in [0.2, 0.25) is 0 Å². The lowest BCUT2D eigenvalue weighted by molar-refractivity contribution is 0.293. The van der Waals surface area contributed by atoms with Crippen molar-refractivity contribution in [3.63, 3.8) is 0 Å². The molecule has 0 radical (unpaired) electrons. The first kappa shape index (κ1) is 14.3. The first-order valence-corrected chi connectivity index (χ1v) is 7.46. The standard InChI is InChI=1S/C15H26N4/c1-4-6-16-15-9-17-14(8-18-15)11-19-7-5-13(10-19)12(2)3/h8-9,12-13H,4-7,10-11H2,1-3H3,(H,16,18). The Morgan fingerprint density at radius 3 is 2.79 bits per heavy atom. The van der Waals surface area contributed by atoms with Crippen molar-refractivity contribution < 1.29 is 0 Å². The monoisotopic (exact) mass is 262 g/mol. The molecule has 0 saturated carbocycles. The van der Waals surface area contributed by atoms with E-state index in [2.05, 4.69) is 41.0 Å². The Hall–Kier alpha value is -1.16. The van der Waals surface area contributed by atoms with Gasteiger partial charge in [0.1, 0.15) is 5.82 Å². The number of aromatic nitrogens is 2. The van der Waals surface area contributed by atoms with E-state index in [1.54, 1.807) is 0 Å². The minimum Gasteiger partial charge on any atom is -0.369 e. The number of nitrogens with one attached hydrogen (secondary N) is 1.